The van der Waals surface area contributed by atoms with Crippen molar-refractivity contribution < 1.29 is 18.0 Å². The first-order valence-electron chi connectivity index (χ1n) is 9.46. The Balaban J connectivity index is 1.60. The van der Waals surface area contributed by atoms with Gasteiger partial charge in [-0.05, 0) is 49.6 Å². The highest BCUT2D eigenvalue weighted by molar-refractivity contribution is 5.95. The fraction of sp³-hybridized carbons (Fsp3) is 0.350. The van der Waals surface area contributed by atoms with Crippen LogP contribution >= 0.6 is 0 Å². The van der Waals surface area contributed by atoms with Gasteiger partial charge in [0, 0.05) is 13.1 Å². The molecule has 3 aromatic rings. The molecular formula is C20H20F3N5O. The van der Waals surface area contributed by atoms with Crippen molar-refractivity contribution >= 4 is 28.3 Å². The van der Waals surface area contributed by atoms with E-state index in [1.54, 1.807) is 18.2 Å². The van der Waals surface area contributed by atoms with Gasteiger partial charge in [0.25, 0.3) is 0 Å². The Morgan fingerprint density at radius 3 is 2.59 bits per heavy atom. The lowest BCUT2D eigenvalue weighted by molar-refractivity contribution is -0.137. The van der Waals surface area contributed by atoms with E-state index in [0.29, 0.717) is 16.7 Å². The van der Waals surface area contributed by atoms with E-state index in [-0.39, 0.29) is 12.2 Å². The van der Waals surface area contributed by atoms with Crippen LogP contribution in [0.15, 0.2) is 42.5 Å². The van der Waals surface area contributed by atoms with Crippen LogP contribution in [-0.4, -0.2) is 34.0 Å². The summed E-state index contributed by atoms with van der Waals surface area (Å²) in [6.45, 7) is 1.36. The average molecular weight is 403 g/mol. The van der Waals surface area contributed by atoms with Gasteiger partial charge < -0.3 is 10.2 Å². The minimum Gasteiger partial charge on any atom is -0.370 e. The highest BCUT2D eigenvalue weighted by atomic mass is 19.4. The molecule has 1 aromatic heterocycles. The fourth-order valence-corrected chi connectivity index (χ4v) is 3.58. The van der Waals surface area contributed by atoms with Gasteiger partial charge in [0.15, 0.2) is 0 Å². The van der Waals surface area contributed by atoms with Crippen molar-refractivity contribution in [1.29, 1.82) is 0 Å². The maximum Gasteiger partial charge on any atom is 0.416 e. The monoisotopic (exact) mass is 403 g/mol. The molecule has 1 fully saturated rings. The van der Waals surface area contributed by atoms with Crippen LogP contribution in [0.25, 0.3) is 11.0 Å². The van der Waals surface area contributed by atoms with Crippen LogP contribution in [0.1, 0.15) is 24.8 Å². The fourth-order valence-electron chi connectivity index (χ4n) is 3.58. The number of benzene rings is 2. The highest BCUT2D eigenvalue weighted by Crippen LogP contribution is 2.36. The van der Waals surface area contributed by atoms with Crippen LogP contribution in [0.3, 0.4) is 0 Å². The molecule has 0 spiro atoms. The van der Waals surface area contributed by atoms with Gasteiger partial charge in [-0.15, -0.1) is 5.10 Å². The van der Waals surface area contributed by atoms with Crippen molar-refractivity contribution in [3.8, 4) is 0 Å². The van der Waals surface area contributed by atoms with Crippen LogP contribution in [-0.2, 0) is 17.5 Å². The standard InChI is InChI=1S/C20H20F3N5O/c21-20(22,23)14-8-9-17(27-10-4-1-5-11-27)16(12-14)24-19(29)13-28-18-7-3-2-6-15(18)25-26-28/h2-3,6-9,12H,1,4-5,10-11,13H2,(H,24,29). The van der Waals surface area contributed by atoms with Gasteiger partial charge in [0.2, 0.25) is 5.91 Å². The molecular weight excluding hydrogens is 383 g/mol. The van der Waals surface area contributed by atoms with Gasteiger partial charge in [-0.3, -0.25) is 4.79 Å². The van der Waals surface area contributed by atoms with E-state index in [1.165, 1.54) is 10.7 Å². The Kier molecular flexibility index (Phi) is 5.12. The summed E-state index contributed by atoms with van der Waals surface area (Å²) in [5.74, 6) is -0.460. The minimum atomic E-state index is -4.48. The first kappa shape index (κ1) is 19.2. The SMILES string of the molecule is O=C(Cn1nnc2ccccc21)Nc1cc(C(F)(F)F)ccc1N1CCCCC1. The second kappa shape index (κ2) is 7.73. The normalized spacial score (nSPS) is 14.9. The molecule has 1 amide bonds. The molecule has 1 aliphatic heterocycles. The molecule has 9 heteroatoms. The van der Waals surface area contributed by atoms with Crippen molar-refractivity contribution in [3.05, 3.63) is 48.0 Å². The second-order valence-corrected chi connectivity index (χ2v) is 7.06. The number of nitrogens with zero attached hydrogens (tertiary/aromatic N) is 4. The number of hydrogen-bond donors (Lipinski definition) is 1. The molecule has 4 rings (SSSR count). The lowest BCUT2D eigenvalue weighted by atomic mass is 10.1. The van der Waals surface area contributed by atoms with Gasteiger partial charge >= 0.3 is 6.18 Å². The number of rotatable bonds is 4. The zero-order valence-electron chi connectivity index (χ0n) is 15.6. The lowest BCUT2D eigenvalue weighted by Crippen LogP contribution is -2.31. The van der Waals surface area contributed by atoms with Crippen molar-refractivity contribution in [2.24, 2.45) is 0 Å². The number of halogens is 3. The van der Waals surface area contributed by atoms with Gasteiger partial charge in [-0.1, -0.05) is 17.3 Å². The van der Waals surface area contributed by atoms with Crippen LogP contribution in [0.4, 0.5) is 24.5 Å². The molecule has 0 saturated carbocycles. The van der Waals surface area contributed by atoms with Crippen molar-refractivity contribution in [1.82, 2.24) is 15.0 Å². The van der Waals surface area contributed by atoms with Crippen LogP contribution in [0, 0.1) is 0 Å². The number of alkyl halides is 3. The second-order valence-electron chi connectivity index (χ2n) is 7.06. The van der Waals surface area contributed by atoms with Crippen molar-refractivity contribution in [2.75, 3.05) is 23.3 Å². The summed E-state index contributed by atoms with van der Waals surface area (Å²) in [6.07, 6.45) is -1.45. The van der Waals surface area contributed by atoms with E-state index in [2.05, 4.69) is 15.6 Å². The smallest absolute Gasteiger partial charge is 0.370 e. The molecule has 0 unspecified atom stereocenters. The maximum atomic E-state index is 13.2. The minimum absolute atomic E-state index is 0.143. The van der Waals surface area contributed by atoms with Gasteiger partial charge in [-0.2, -0.15) is 13.2 Å². The topological polar surface area (TPSA) is 63.1 Å². The molecule has 0 bridgehead atoms. The molecule has 0 aliphatic carbocycles. The molecule has 2 aromatic carbocycles. The van der Waals surface area contributed by atoms with E-state index in [9.17, 15) is 18.0 Å². The predicted molar refractivity (Wildman–Crippen MR) is 104 cm³/mol. The molecule has 2 heterocycles. The van der Waals surface area contributed by atoms with Crippen molar-refractivity contribution in [2.45, 2.75) is 32.0 Å². The van der Waals surface area contributed by atoms with Gasteiger partial charge in [-0.25, -0.2) is 4.68 Å². The molecule has 0 radical (unpaired) electrons. The maximum absolute atomic E-state index is 13.2. The molecule has 1 saturated heterocycles. The Bertz CT molecular complexity index is 1020. The van der Waals surface area contributed by atoms with E-state index >= 15 is 0 Å². The molecule has 0 atom stereocenters. The third-order valence-corrected chi connectivity index (χ3v) is 5.01. The van der Waals surface area contributed by atoms with Crippen LogP contribution in [0.2, 0.25) is 0 Å². The molecule has 1 aliphatic rings. The van der Waals surface area contributed by atoms with E-state index < -0.39 is 17.6 Å². The highest BCUT2D eigenvalue weighted by Gasteiger charge is 2.32. The number of aromatic nitrogens is 3. The third-order valence-electron chi connectivity index (χ3n) is 5.01. The average Bonchev–Trinajstić information content (AvgIpc) is 3.11. The van der Waals surface area contributed by atoms with Gasteiger partial charge in [0.1, 0.15) is 12.1 Å². The number of anilines is 2. The van der Waals surface area contributed by atoms with Crippen LogP contribution in [0.5, 0.6) is 0 Å². The Labute approximate surface area is 165 Å². The number of para-hydroxylation sites is 1. The van der Waals surface area contributed by atoms with Crippen LogP contribution < -0.4 is 10.2 Å². The largest absolute Gasteiger partial charge is 0.416 e. The summed E-state index contributed by atoms with van der Waals surface area (Å²) >= 11 is 0. The first-order chi connectivity index (χ1) is 13.9. The Hall–Kier alpha value is -3.10. The number of amides is 1. The first-order valence-corrected chi connectivity index (χ1v) is 9.46. The summed E-state index contributed by atoms with van der Waals surface area (Å²) in [5, 5.41) is 10.6. The summed E-state index contributed by atoms with van der Waals surface area (Å²) in [4.78, 5) is 14.6. The molecule has 29 heavy (non-hydrogen) atoms. The quantitative estimate of drug-likeness (QED) is 0.713. The van der Waals surface area contributed by atoms with E-state index in [0.717, 1.165) is 44.5 Å². The van der Waals surface area contributed by atoms with E-state index in [1.807, 2.05) is 11.0 Å². The Morgan fingerprint density at radius 1 is 1.07 bits per heavy atom. The number of hydrogen-bond acceptors (Lipinski definition) is 4. The number of carbonyl (C=O) groups is 1. The zero-order valence-corrected chi connectivity index (χ0v) is 15.6. The molecule has 1 N–H and O–H groups in total. The summed E-state index contributed by atoms with van der Waals surface area (Å²) in [5.41, 5.74) is 1.31. The van der Waals surface area contributed by atoms with Gasteiger partial charge in [0.05, 0.1) is 22.5 Å². The number of nitrogens with one attached hydrogen (secondary N) is 1. The number of fused-ring (bicyclic) bond motifs is 1. The third kappa shape index (κ3) is 4.18. The Morgan fingerprint density at radius 2 is 1.83 bits per heavy atom. The predicted octanol–water partition coefficient (Wildman–Crippen LogP) is 4.08. The zero-order chi connectivity index (χ0) is 20.4. The van der Waals surface area contributed by atoms with E-state index in [4.69, 9.17) is 0 Å². The lowest BCUT2D eigenvalue weighted by Gasteiger charge is -2.31. The summed E-state index contributed by atoms with van der Waals surface area (Å²) < 4.78 is 41.1. The number of carbonyl (C=O) groups excluding carboxylic acids is 1. The summed E-state index contributed by atoms with van der Waals surface area (Å²) in [6, 6.07) is 10.7. The summed E-state index contributed by atoms with van der Waals surface area (Å²) in [7, 11) is 0. The number of piperidine rings is 1. The van der Waals surface area contributed by atoms with Crippen molar-refractivity contribution in [3.63, 3.8) is 0 Å². The molecule has 6 nitrogen and oxygen atoms in total. The molecule has 152 valence electrons.